The summed E-state index contributed by atoms with van der Waals surface area (Å²) in [6.07, 6.45) is 1.74. The molecular weight excluding hydrogens is 314 g/mol. The van der Waals surface area contributed by atoms with E-state index in [4.69, 9.17) is 0 Å². The Hall–Kier alpha value is -1.21. The molecule has 0 saturated carbocycles. The Morgan fingerprint density at radius 1 is 1.33 bits per heavy atom. The van der Waals surface area contributed by atoms with Crippen LogP contribution in [0.15, 0.2) is 16.2 Å². The summed E-state index contributed by atoms with van der Waals surface area (Å²) in [5.74, 6) is 1.41. The van der Waals surface area contributed by atoms with Gasteiger partial charge in [0.1, 0.15) is 5.82 Å². The van der Waals surface area contributed by atoms with Gasteiger partial charge in [0.15, 0.2) is 0 Å². The van der Waals surface area contributed by atoms with E-state index in [0.29, 0.717) is 5.95 Å². The number of anilines is 2. The van der Waals surface area contributed by atoms with Crippen LogP contribution in [0.5, 0.6) is 0 Å². The number of hydrogen-bond donors (Lipinski definition) is 2. The van der Waals surface area contributed by atoms with Gasteiger partial charge in [-0.15, -0.1) is 11.3 Å². The summed E-state index contributed by atoms with van der Waals surface area (Å²) in [7, 11) is 0. The van der Waals surface area contributed by atoms with Gasteiger partial charge in [0.2, 0.25) is 5.95 Å². The normalized spacial score (nSPS) is 10.4. The zero-order valence-electron chi connectivity index (χ0n) is 10.2. The lowest BCUT2D eigenvalue weighted by Crippen LogP contribution is -2.07. The third-order valence-electron chi connectivity index (χ3n) is 2.34. The Balaban J connectivity index is 2.08. The van der Waals surface area contributed by atoms with Gasteiger partial charge >= 0.3 is 0 Å². The van der Waals surface area contributed by atoms with Crippen LogP contribution in [0.2, 0.25) is 0 Å². The van der Waals surface area contributed by atoms with Crippen LogP contribution in [-0.2, 0) is 6.54 Å². The molecule has 0 bridgehead atoms. The molecule has 5 nitrogen and oxygen atoms in total. The van der Waals surface area contributed by atoms with Crippen LogP contribution in [0, 0.1) is 6.92 Å². The maximum absolute atomic E-state index is 4.40. The number of thiazole rings is 1. The molecule has 0 atom stereocenters. The summed E-state index contributed by atoms with van der Waals surface area (Å²) in [5, 5.41) is 6.37. The van der Waals surface area contributed by atoms with Crippen molar-refractivity contribution >= 4 is 39.0 Å². The monoisotopic (exact) mass is 327 g/mol. The Labute approximate surface area is 118 Å². The van der Waals surface area contributed by atoms with E-state index in [1.165, 1.54) is 4.88 Å². The van der Waals surface area contributed by atoms with E-state index in [1.54, 1.807) is 17.5 Å². The molecule has 0 radical (unpaired) electrons. The zero-order valence-corrected chi connectivity index (χ0v) is 12.6. The van der Waals surface area contributed by atoms with Crippen molar-refractivity contribution < 1.29 is 0 Å². The van der Waals surface area contributed by atoms with Gasteiger partial charge in [-0.2, -0.15) is 4.98 Å². The fraction of sp³-hybridized carbons (Fsp3) is 0.364. The topological polar surface area (TPSA) is 62.7 Å². The van der Waals surface area contributed by atoms with Crippen molar-refractivity contribution in [3.05, 3.63) is 26.8 Å². The first-order valence-corrected chi connectivity index (χ1v) is 7.27. The lowest BCUT2D eigenvalue weighted by Gasteiger charge is -2.08. The molecule has 2 N–H and O–H groups in total. The van der Waals surface area contributed by atoms with Crippen molar-refractivity contribution in [2.24, 2.45) is 0 Å². The number of rotatable bonds is 5. The molecule has 2 aromatic rings. The Morgan fingerprint density at radius 3 is 2.83 bits per heavy atom. The highest BCUT2D eigenvalue weighted by atomic mass is 79.9. The van der Waals surface area contributed by atoms with E-state index in [0.717, 1.165) is 29.1 Å². The molecule has 0 spiro atoms. The van der Waals surface area contributed by atoms with Crippen LogP contribution in [0.3, 0.4) is 0 Å². The fourth-order valence-corrected chi connectivity index (χ4v) is 2.44. The van der Waals surface area contributed by atoms with Crippen molar-refractivity contribution in [2.45, 2.75) is 20.4 Å². The average molecular weight is 328 g/mol. The summed E-state index contributed by atoms with van der Waals surface area (Å²) >= 11 is 5.08. The van der Waals surface area contributed by atoms with E-state index < -0.39 is 0 Å². The minimum Gasteiger partial charge on any atom is -0.364 e. The zero-order chi connectivity index (χ0) is 13.0. The van der Waals surface area contributed by atoms with Crippen molar-refractivity contribution in [1.29, 1.82) is 0 Å². The fourth-order valence-electron chi connectivity index (χ4n) is 1.39. The second-order valence-corrected chi connectivity index (χ2v) is 5.43. The van der Waals surface area contributed by atoms with Crippen LogP contribution in [-0.4, -0.2) is 21.5 Å². The van der Waals surface area contributed by atoms with E-state index >= 15 is 0 Å². The number of halogens is 1. The second kappa shape index (κ2) is 6.10. The number of aryl methyl sites for hydroxylation is 1. The average Bonchev–Trinajstić information content (AvgIpc) is 2.76. The van der Waals surface area contributed by atoms with Crippen LogP contribution < -0.4 is 10.6 Å². The quantitative estimate of drug-likeness (QED) is 0.883. The molecule has 2 rings (SSSR count). The molecule has 96 valence electrons. The Morgan fingerprint density at radius 2 is 2.17 bits per heavy atom. The molecule has 2 aromatic heterocycles. The summed E-state index contributed by atoms with van der Waals surface area (Å²) in [4.78, 5) is 14.0. The highest BCUT2D eigenvalue weighted by molar-refractivity contribution is 9.10. The number of nitrogens with one attached hydrogen (secondary N) is 2. The van der Waals surface area contributed by atoms with E-state index in [2.05, 4.69) is 41.5 Å². The maximum Gasteiger partial charge on any atom is 0.224 e. The Bertz CT molecular complexity index is 528. The molecular formula is C11H14BrN5S. The van der Waals surface area contributed by atoms with Gasteiger partial charge in [-0.05, 0) is 29.8 Å². The van der Waals surface area contributed by atoms with Crippen LogP contribution in [0.25, 0.3) is 0 Å². The summed E-state index contributed by atoms with van der Waals surface area (Å²) < 4.78 is 0.853. The van der Waals surface area contributed by atoms with Crippen molar-refractivity contribution in [1.82, 2.24) is 15.0 Å². The van der Waals surface area contributed by atoms with Gasteiger partial charge in [0, 0.05) is 17.6 Å². The first kappa shape index (κ1) is 13.2. The summed E-state index contributed by atoms with van der Waals surface area (Å²) in [6, 6.07) is 0. The molecule has 0 amide bonds. The number of nitrogens with zero attached hydrogens (tertiary/aromatic N) is 3. The molecule has 0 saturated heterocycles. The highest BCUT2D eigenvalue weighted by Gasteiger charge is 2.06. The largest absolute Gasteiger partial charge is 0.364 e. The van der Waals surface area contributed by atoms with Crippen LogP contribution >= 0.6 is 27.3 Å². The lowest BCUT2D eigenvalue weighted by atomic mass is 10.4. The minimum absolute atomic E-state index is 0.629. The predicted octanol–water partition coefficient (Wildman–Crippen LogP) is 3.05. The molecule has 0 aliphatic rings. The molecule has 0 unspecified atom stereocenters. The first-order chi connectivity index (χ1) is 8.70. The first-order valence-electron chi connectivity index (χ1n) is 5.60. The highest BCUT2D eigenvalue weighted by Crippen LogP contribution is 2.22. The van der Waals surface area contributed by atoms with Gasteiger partial charge < -0.3 is 10.6 Å². The minimum atomic E-state index is 0.629. The van der Waals surface area contributed by atoms with E-state index in [1.807, 2.05) is 19.4 Å². The van der Waals surface area contributed by atoms with E-state index in [9.17, 15) is 0 Å². The summed E-state index contributed by atoms with van der Waals surface area (Å²) in [6.45, 7) is 5.54. The number of hydrogen-bond acceptors (Lipinski definition) is 6. The molecule has 7 heteroatoms. The third-order valence-corrected chi connectivity index (χ3v) is 3.86. The second-order valence-electron chi connectivity index (χ2n) is 3.63. The Kier molecular flexibility index (Phi) is 4.48. The van der Waals surface area contributed by atoms with Gasteiger partial charge in [-0.1, -0.05) is 0 Å². The smallest absolute Gasteiger partial charge is 0.224 e. The number of aromatic nitrogens is 3. The van der Waals surface area contributed by atoms with Gasteiger partial charge in [0.25, 0.3) is 0 Å². The van der Waals surface area contributed by atoms with Crippen molar-refractivity contribution in [3.63, 3.8) is 0 Å². The van der Waals surface area contributed by atoms with Crippen molar-refractivity contribution in [2.75, 3.05) is 17.2 Å². The third kappa shape index (κ3) is 3.17. The van der Waals surface area contributed by atoms with Crippen LogP contribution in [0.1, 0.15) is 17.5 Å². The van der Waals surface area contributed by atoms with Gasteiger partial charge in [-0.3, -0.25) is 0 Å². The summed E-state index contributed by atoms with van der Waals surface area (Å²) in [5.41, 5.74) is 2.91. The molecule has 18 heavy (non-hydrogen) atoms. The van der Waals surface area contributed by atoms with Crippen molar-refractivity contribution in [3.8, 4) is 0 Å². The SMILES string of the molecule is CCNc1ncc(Br)c(NCc2scnc2C)n1. The predicted molar refractivity (Wildman–Crippen MR) is 78.1 cm³/mol. The maximum atomic E-state index is 4.40. The lowest BCUT2D eigenvalue weighted by molar-refractivity contribution is 1.04. The molecule has 0 aliphatic carbocycles. The molecule has 0 fully saturated rings. The molecule has 2 heterocycles. The van der Waals surface area contributed by atoms with Gasteiger partial charge in [-0.25, -0.2) is 9.97 Å². The van der Waals surface area contributed by atoms with Gasteiger partial charge in [0.05, 0.1) is 22.2 Å². The standard InChI is InChI=1S/C11H14BrN5S/c1-3-13-11-15-4-8(12)10(17-11)14-5-9-7(2)16-6-18-9/h4,6H,3,5H2,1-2H3,(H2,13,14,15,17). The van der Waals surface area contributed by atoms with Crippen LogP contribution in [0.4, 0.5) is 11.8 Å². The molecule has 0 aliphatic heterocycles. The van der Waals surface area contributed by atoms with E-state index in [-0.39, 0.29) is 0 Å². The molecule has 0 aromatic carbocycles.